The molecule has 0 spiro atoms. The van der Waals surface area contributed by atoms with Crippen molar-refractivity contribution in [3.05, 3.63) is 70.2 Å². The number of pyridine rings is 1. The number of carbonyl (C=O) groups is 1. The first-order chi connectivity index (χ1) is 13.4. The molecule has 6 nitrogen and oxygen atoms in total. The lowest BCUT2D eigenvalue weighted by Crippen LogP contribution is -2.26. The van der Waals surface area contributed by atoms with E-state index in [0.717, 1.165) is 39.5 Å². The summed E-state index contributed by atoms with van der Waals surface area (Å²) in [6.07, 6.45) is 0.283. The molecule has 146 valence electrons. The molecule has 0 radical (unpaired) electrons. The number of carbonyl (C=O) groups excluding carboxylic acids is 1. The minimum atomic E-state index is -0.0548. The Hall–Kier alpha value is -3.15. The maximum Gasteiger partial charge on any atom is 0.224 e. The quantitative estimate of drug-likeness (QED) is 0.714. The summed E-state index contributed by atoms with van der Waals surface area (Å²) in [4.78, 5) is 17.0. The lowest BCUT2D eigenvalue weighted by atomic mass is 10.1. The topological polar surface area (TPSA) is 69.0 Å². The molecule has 1 amide bonds. The Morgan fingerprint density at radius 2 is 1.82 bits per heavy atom. The lowest BCUT2D eigenvalue weighted by Gasteiger charge is -2.13. The first kappa shape index (κ1) is 19.6. The van der Waals surface area contributed by atoms with Crippen LogP contribution in [-0.2, 0) is 17.8 Å². The van der Waals surface area contributed by atoms with Crippen LogP contribution in [0.4, 0.5) is 0 Å². The van der Waals surface area contributed by atoms with Crippen LogP contribution in [0.15, 0.2) is 36.4 Å². The molecule has 0 saturated heterocycles. The van der Waals surface area contributed by atoms with E-state index in [-0.39, 0.29) is 12.3 Å². The maximum atomic E-state index is 12.6. The summed E-state index contributed by atoms with van der Waals surface area (Å²) in [5, 5.41) is 7.60. The number of methoxy groups -OCH3 is 1. The number of aryl methyl sites for hydroxylation is 3. The van der Waals surface area contributed by atoms with Crippen molar-refractivity contribution in [3.8, 4) is 11.6 Å². The van der Waals surface area contributed by atoms with Crippen molar-refractivity contribution in [1.82, 2.24) is 20.1 Å². The van der Waals surface area contributed by atoms with Gasteiger partial charge in [0.1, 0.15) is 0 Å². The van der Waals surface area contributed by atoms with E-state index in [9.17, 15) is 4.79 Å². The SMILES string of the molecule is COc1nc(C)cc(C)c1CNC(=O)Cc1c(C)nn(-c2ccccc2)c1C. The number of aromatic nitrogens is 3. The zero-order valence-corrected chi connectivity index (χ0v) is 17.0. The fourth-order valence-corrected chi connectivity index (χ4v) is 3.37. The Kier molecular flexibility index (Phi) is 5.78. The standard InChI is InChI=1S/C22H26N4O2/c1-14-11-15(2)24-22(28-5)20(14)13-23-21(27)12-19-16(3)25-26(17(19)4)18-9-7-6-8-10-18/h6-11H,12-13H2,1-5H3,(H,23,27). The third-order valence-corrected chi connectivity index (χ3v) is 4.87. The van der Waals surface area contributed by atoms with Crippen LogP contribution in [0.3, 0.4) is 0 Å². The molecule has 0 fully saturated rings. The predicted molar refractivity (Wildman–Crippen MR) is 109 cm³/mol. The second-order valence-corrected chi connectivity index (χ2v) is 6.92. The molecule has 2 heterocycles. The van der Waals surface area contributed by atoms with Gasteiger partial charge in [-0.25, -0.2) is 9.67 Å². The highest BCUT2D eigenvalue weighted by atomic mass is 16.5. The van der Waals surface area contributed by atoms with Crippen LogP contribution in [0.25, 0.3) is 5.69 Å². The number of amides is 1. The van der Waals surface area contributed by atoms with Crippen LogP contribution in [0, 0.1) is 27.7 Å². The van der Waals surface area contributed by atoms with Crippen molar-refractivity contribution in [2.75, 3.05) is 7.11 Å². The Morgan fingerprint density at radius 1 is 1.11 bits per heavy atom. The van der Waals surface area contributed by atoms with E-state index in [2.05, 4.69) is 15.4 Å². The van der Waals surface area contributed by atoms with Gasteiger partial charge in [-0.15, -0.1) is 0 Å². The molecule has 1 N–H and O–H groups in total. The smallest absolute Gasteiger partial charge is 0.224 e. The number of hydrogen-bond donors (Lipinski definition) is 1. The van der Waals surface area contributed by atoms with E-state index in [1.165, 1.54) is 0 Å². The van der Waals surface area contributed by atoms with E-state index in [4.69, 9.17) is 4.74 Å². The fourth-order valence-electron chi connectivity index (χ4n) is 3.37. The molecule has 1 aromatic carbocycles. The fraction of sp³-hybridized carbons (Fsp3) is 0.318. The zero-order chi connectivity index (χ0) is 20.3. The monoisotopic (exact) mass is 378 g/mol. The number of hydrogen-bond acceptors (Lipinski definition) is 4. The Morgan fingerprint density at radius 3 is 2.50 bits per heavy atom. The number of benzene rings is 1. The maximum absolute atomic E-state index is 12.6. The van der Waals surface area contributed by atoms with Crippen molar-refractivity contribution >= 4 is 5.91 Å². The predicted octanol–water partition coefficient (Wildman–Crippen LogP) is 3.37. The third-order valence-electron chi connectivity index (χ3n) is 4.87. The molecule has 6 heteroatoms. The van der Waals surface area contributed by atoms with Crippen LogP contribution in [0.5, 0.6) is 5.88 Å². The second kappa shape index (κ2) is 8.25. The van der Waals surface area contributed by atoms with Crippen LogP contribution in [-0.4, -0.2) is 27.8 Å². The van der Waals surface area contributed by atoms with Gasteiger partial charge in [0.15, 0.2) is 0 Å². The molecule has 0 bridgehead atoms. The largest absolute Gasteiger partial charge is 0.481 e. The van der Waals surface area contributed by atoms with Crippen molar-refractivity contribution < 1.29 is 9.53 Å². The highest BCUT2D eigenvalue weighted by molar-refractivity contribution is 5.79. The van der Waals surface area contributed by atoms with Gasteiger partial charge in [0.2, 0.25) is 11.8 Å². The summed E-state index contributed by atoms with van der Waals surface area (Å²) in [5.41, 5.74) is 6.62. The number of rotatable bonds is 6. The lowest BCUT2D eigenvalue weighted by molar-refractivity contribution is -0.120. The van der Waals surface area contributed by atoms with Crippen molar-refractivity contribution in [1.29, 1.82) is 0 Å². The summed E-state index contributed by atoms with van der Waals surface area (Å²) in [5.74, 6) is 0.503. The van der Waals surface area contributed by atoms with Gasteiger partial charge in [-0.1, -0.05) is 18.2 Å². The first-order valence-corrected chi connectivity index (χ1v) is 9.29. The molecule has 0 unspecified atom stereocenters. The normalized spacial score (nSPS) is 10.8. The average Bonchev–Trinajstić information content (AvgIpc) is 2.95. The van der Waals surface area contributed by atoms with Crippen LogP contribution < -0.4 is 10.1 Å². The number of nitrogens with one attached hydrogen (secondary N) is 1. The zero-order valence-electron chi connectivity index (χ0n) is 17.0. The van der Waals surface area contributed by atoms with Gasteiger partial charge in [-0.2, -0.15) is 5.10 Å². The van der Waals surface area contributed by atoms with Crippen LogP contribution in [0.2, 0.25) is 0 Å². The molecule has 0 aliphatic heterocycles. The summed E-state index contributed by atoms with van der Waals surface area (Å²) in [6.45, 7) is 8.23. The molecule has 0 aliphatic rings. The van der Waals surface area contributed by atoms with Crippen molar-refractivity contribution in [2.24, 2.45) is 0 Å². The van der Waals surface area contributed by atoms with Gasteiger partial charge in [0, 0.05) is 29.1 Å². The number of ether oxygens (including phenoxy) is 1. The van der Waals surface area contributed by atoms with Gasteiger partial charge in [0.25, 0.3) is 0 Å². The van der Waals surface area contributed by atoms with Gasteiger partial charge in [-0.05, 0) is 51.5 Å². The van der Waals surface area contributed by atoms with Crippen molar-refractivity contribution in [3.63, 3.8) is 0 Å². The Balaban J connectivity index is 1.74. The van der Waals surface area contributed by atoms with E-state index < -0.39 is 0 Å². The average molecular weight is 378 g/mol. The van der Waals surface area contributed by atoms with Crippen LogP contribution in [0.1, 0.15) is 33.8 Å². The van der Waals surface area contributed by atoms with E-state index in [1.54, 1.807) is 7.11 Å². The van der Waals surface area contributed by atoms with E-state index in [1.807, 2.05) is 68.8 Å². The van der Waals surface area contributed by atoms with Gasteiger partial charge >= 0.3 is 0 Å². The molecule has 2 aromatic heterocycles. The molecule has 3 rings (SSSR count). The highest BCUT2D eigenvalue weighted by Crippen LogP contribution is 2.21. The molecule has 28 heavy (non-hydrogen) atoms. The number of para-hydroxylation sites is 1. The van der Waals surface area contributed by atoms with Gasteiger partial charge in [0.05, 0.1) is 24.9 Å². The summed E-state index contributed by atoms with van der Waals surface area (Å²) in [6, 6.07) is 11.9. The first-order valence-electron chi connectivity index (χ1n) is 9.29. The highest BCUT2D eigenvalue weighted by Gasteiger charge is 2.17. The molecule has 3 aromatic rings. The minimum absolute atomic E-state index is 0.0548. The second-order valence-electron chi connectivity index (χ2n) is 6.92. The Labute approximate surface area is 165 Å². The summed E-state index contributed by atoms with van der Waals surface area (Å²) >= 11 is 0. The van der Waals surface area contributed by atoms with E-state index in [0.29, 0.717) is 12.4 Å². The molecule has 0 saturated carbocycles. The summed E-state index contributed by atoms with van der Waals surface area (Å²) < 4.78 is 7.26. The molecular formula is C22H26N4O2. The molecular weight excluding hydrogens is 352 g/mol. The van der Waals surface area contributed by atoms with Crippen molar-refractivity contribution in [2.45, 2.75) is 40.7 Å². The third kappa shape index (κ3) is 4.06. The molecule has 0 aliphatic carbocycles. The molecule has 0 atom stereocenters. The number of nitrogens with zero attached hydrogens (tertiary/aromatic N) is 3. The Bertz CT molecular complexity index is 994. The van der Waals surface area contributed by atoms with Gasteiger partial charge in [-0.3, -0.25) is 4.79 Å². The minimum Gasteiger partial charge on any atom is -0.481 e. The van der Waals surface area contributed by atoms with Crippen LogP contribution >= 0.6 is 0 Å². The summed E-state index contributed by atoms with van der Waals surface area (Å²) in [7, 11) is 1.59. The van der Waals surface area contributed by atoms with Gasteiger partial charge < -0.3 is 10.1 Å². The van der Waals surface area contributed by atoms with E-state index >= 15 is 0 Å².